The first-order valence-corrected chi connectivity index (χ1v) is 6.12. The first kappa shape index (κ1) is 14.2. The molecule has 5 heteroatoms. The average molecular weight is 240 g/mol. The van der Waals surface area contributed by atoms with E-state index in [1.165, 1.54) is 5.56 Å². The summed E-state index contributed by atoms with van der Waals surface area (Å²) >= 11 is 0. The fraction of sp³-hybridized carbons (Fsp3) is 0.750. The molecule has 3 N–H and O–H groups in total. The Morgan fingerprint density at radius 2 is 2.24 bits per heavy atom. The fourth-order valence-corrected chi connectivity index (χ4v) is 2.11. The maximum Gasteiger partial charge on any atom is 0.0763 e. The van der Waals surface area contributed by atoms with Crippen molar-refractivity contribution < 1.29 is 4.74 Å². The van der Waals surface area contributed by atoms with E-state index in [2.05, 4.69) is 37.5 Å². The molecule has 0 aliphatic rings. The molecule has 0 aliphatic heterocycles. The molecule has 0 saturated carbocycles. The molecule has 17 heavy (non-hydrogen) atoms. The molecular weight excluding hydrogens is 216 g/mol. The second-order valence-electron chi connectivity index (χ2n) is 4.63. The second kappa shape index (κ2) is 6.74. The monoisotopic (exact) mass is 240 g/mol. The molecule has 2 atom stereocenters. The van der Waals surface area contributed by atoms with Gasteiger partial charge in [0.25, 0.3) is 0 Å². The summed E-state index contributed by atoms with van der Waals surface area (Å²) in [6.07, 6.45) is 4.87. The van der Waals surface area contributed by atoms with E-state index in [1.54, 1.807) is 7.11 Å². The minimum absolute atomic E-state index is 0.102. The molecule has 98 valence electrons. The van der Waals surface area contributed by atoms with E-state index < -0.39 is 0 Å². The van der Waals surface area contributed by atoms with Gasteiger partial charge >= 0.3 is 0 Å². The van der Waals surface area contributed by atoms with Crippen molar-refractivity contribution in [1.29, 1.82) is 0 Å². The van der Waals surface area contributed by atoms with Crippen LogP contribution in [0.15, 0.2) is 12.4 Å². The molecule has 0 fully saturated rings. The van der Waals surface area contributed by atoms with E-state index in [1.807, 2.05) is 10.9 Å². The SMILES string of the molecule is CCn1cc(CC(NN)C(OC)C(C)C)cn1. The highest BCUT2D eigenvalue weighted by Gasteiger charge is 2.23. The average Bonchev–Trinajstić information content (AvgIpc) is 2.76. The quantitative estimate of drug-likeness (QED) is 0.550. The van der Waals surface area contributed by atoms with E-state index in [0.29, 0.717) is 5.92 Å². The Labute approximate surface area is 103 Å². The maximum atomic E-state index is 5.62. The van der Waals surface area contributed by atoms with Gasteiger partial charge in [-0.2, -0.15) is 5.10 Å². The van der Waals surface area contributed by atoms with Crippen molar-refractivity contribution in [3.05, 3.63) is 18.0 Å². The number of nitrogens with one attached hydrogen (secondary N) is 1. The van der Waals surface area contributed by atoms with E-state index in [-0.39, 0.29) is 12.1 Å². The van der Waals surface area contributed by atoms with Gasteiger partial charge < -0.3 is 4.74 Å². The molecule has 0 bridgehead atoms. The second-order valence-corrected chi connectivity index (χ2v) is 4.63. The van der Waals surface area contributed by atoms with Crippen molar-refractivity contribution in [3.63, 3.8) is 0 Å². The summed E-state index contributed by atoms with van der Waals surface area (Å²) in [4.78, 5) is 0. The number of ether oxygens (including phenoxy) is 1. The van der Waals surface area contributed by atoms with Gasteiger partial charge in [0.05, 0.1) is 18.3 Å². The summed E-state index contributed by atoms with van der Waals surface area (Å²) < 4.78 is 7.42. The smallest absolute Gasteiger partial charge is 0.0763 e. The van der Waals surface area contributed by atoms with E-state index in [4.69, 9.17) is 10.6 Å². The normalized spacial score (nSPS) is 15.2. The van der Waals surface area contributed by atoms with Gasteiger partial charge in [0, 0.05) is 19.9 Å². The summed E-state index contributed by atoms with van der Waals surface area (Å²) in [5.74, 6) is 6.04. The maximum absolute atomic E-state index is 5.62. The Balaban J connectivity index is 2.68. The minimum Gasteiger partial charge on any atom is -0.380 e. The van der Waals surface area contributed by atoms with Crippen LogP contribution in [-0.2, 0) is 17.7 Å². The topological polar surface area (TPSA) is 65.1 Å². The van der Waals surface area contributed by atoms with Gasteiger partial charge in [-0.3, -0.25) is 16.0 Å². The Bertz CT molecular complexity index is 324. The van der Waals surface area contributed by atoms with Gasteiger partial charge in [-0.05, 0) is 24.8 Å². The van der Waals surface area contributed by atoms with Crippen LogP contribution in [0.5, 0.6) is 0 Å². The van der Waals surface area contributed by atoms with Crippen molar-refractivity contribution in [2.75, 3.05) is 7.11 Å². The summed E-state index contributed by atoms with van der Waals surface area (Å²) in [6.45, 7) is 7.22. The molecule has 1 aromatic rings. The highest BCUT2D eigenvalue weighted by atomic mass is 16.5. The van der Waals surface area contributed by atoms with Crippen molar-refractivity contribution in [3.8, 4) is 0 Å². The van der Waals surface area contributed by atoms with Crippen LogP contribution in [0.25, 0.3) is 0 Å². The molecule has 0 saturated heterocycles. The van der Waals surface area contributed by atoms with E-state index >= 15 is 0 Å². The molecule has 0 radical (unpaired) electrons. The zero-order valence-electron chi connectivity index (χ0n) is 11.2. The lowest BCUT2D eigenvalue weighted by molar-refractivity contribution is 0.0332. The van der Waals surface area contributed by atoms with Crippen LogP contribution in [0, 0.1) is 5.92 Å². The Morgan fingerprint density at radius 1 is 1.53 bits per heavy atom. The number of hydrogen-bond acceptors (Lipinski definition) is 4. The lowest BCUT2D eigenvalue weighted by Gasteiger charge is -2.28. The lowest BCUT2D eigenvalue weighted by Crippen LogP contribution is -2.48. The minimum atomic E-state index is 0.102. The number of nitrogens with two attached hydrogens (primary N) is 1. The molecule has 1 heterocycles. The van der Waals surface area contributed by atoms with Crippen molar-refractivity contribution in [2.24, 2.45) is 11.8 Å². The molecule has 1 rings (SSSR count). The van der Waals surface area contributed by atoms with Crippen LogP contribution >= 0.6 is 0 Å². The Hall–Kier alpha value is -0.910. The van der Waals surface area contributed by atoms with Gasteiger partial charge in [0.15, 0.2) is 0 Å². The van der Waals surface area contributed by atoms with Gasteiger partial charge in [-0.25, -0.2) is 0 Å². The van der Waals surface area contributed by atoms with Crippen LogP contribution < -0.4 is 11.3 Å². The molecule has 0 aromatic carbocycles. The van der Waals surface area contributed by atoms with E-state index in [9.17, 15) is 0 Å². The summed E-state index contributed by atoms with van der Waals surface area (Å²) in [7, 11) is 1.73. The first-order valence-electron chi connectivity index (χ1n) is 6.12. The Kier molecular flexibility index (Phi) is 5.61. The number of methoxy groups -OCH3 is 1. The summed E-state index contributed by atoms with van der Waals surface area (Å²) in [5.41, 5.74) is 4.03. The molecular formula is C12H24N4O. The number of rotatable bonds is 7. The number of nitrogens with zero attached hydrogens (tertiary/aromatic N) is 2. The van der Waals surface area contributed by atoms with Gasteiger partial charge in [0.2, 0.25) is 0 Å². The third-order valence-corrected chi connectivity index (χ3v) is 3.01. The number of hydrogen-bond donors (Lipinski definition) is 2. The molecule has 1 aromatic heterocycles. The Morgan fingerprint density at radius 3 is 2.65 bits per heavy atom. The van der Waals surface area contributed by atoms with Gasteiger partial charge in [0.1, 0.15) is 0 Å². The van der Waals surface area contributed by atoms with Crippen molar-refractivity contribution >= 4 is 0 Å². The number of aryl methyl sites for hydroxylation is 1. The zero-order chi connectivity index (χ0) is 12.8. The van der Waals surface area contributed by atoms with Crippen LogP contribution in [0.3, 0.4) is 0 Å². The number of aromatic nitrogens is 2. The van der Waals surface area contributed by atoms with Crippen LogP contribution in [0.2, 0.25) is 0 Å². The molecule has 0 spiro atoms. The van der Waals surface area contributed by atoms with Crippen molar-refractivity contribution in [2.45, 2.75) is 45.9 Å². The summed E-state index contributed by atoms with van der Waals surface area (Å²) in [6, 6.07) is 0.106. The highest BCUT2D eigenvalue weighted by molar-refractivity contribution is 5.07. The molecule has 0 aliphatic carbocycles. The zero-order valence-corrected chi connectivity index (χ0v) is 11.2. The molecule has 0 amide bonds. The fourth-order valence-electron chi connectivity index (χ4n) is 2.11. The third kappa shape index (κ3) is 3.80. The third-order valence-electron chi connectivity index (χ3n) is 3.01. The van der Waals surface area contributed by atoms with Crippen LogP contribution in [0.4, 0.5) is 0 Å². The largest absolute Gasteiger partial charge is 0.380 e. The van der Waals surface area contributed by atoms with Gasteiger partial charge in [-0.15, -0.1) is 0 Å². The molecule has 2 unspecified atom stereocenters. The highest BCUT2D eigenvalue weighted by Crippen LogP contribution is 2.14. The lowest BCUT2D eigenvalue weighted by atomic mass is 9.95. The van der Waals surface area contributed by atoms with Crippen LogP contribution in [0.1, 0.15) is 26.3 Å². The van der Waals surface area contributed by atoms with Crippen LogP contribution in [-0.4, -0.2) is 29.0 Å². The number of hydrazine groups is 1. The first-order chi connectivity index (χ1) is 8.12. The predicted octanol–water partition coefficient (Wildman–Crippen LogP) is 0.948. The van der Waals surface area contributed by atoms with Gasteiger partial charge in [-0.1, -0.05) is 13.8 Å². The van der Waals surface area contributed by atoms with Crippen molar-refractivity contribution in [1.82, 2.24) is 15.2 Å². The summed E-state index contributed by atoms with van der Waals surface area (Å²) in [5, 5.41) is 4.26. The predicted molar refractivity (Wildman–Crippen MR) is 68.4 cm³/mol. The standard InChI is InChI=1S/C12H24N4O/c1-5-16-8-10(7-14-16)6-11(15-13)12(17-4)9(2)3/h7-9,11-12,15H,5-6,13H2,1-4H3. The molecule has 5 nitrogen and oxygen atoms in total. The van der Waals surface area contributed by atoms with E-state index in [0.717, 1.165) is 13.0 Å².